The van der Waals surface area contributed by atoms with Crippen LogP contribution in [0.25, 0.3) is 0 Å². The molecule has 1 aliphatic rings. The lowest BCUT2D eigenvalue weighted by Gasteiger charge is -2.42. The van der Waals surface area contributed by atoms with Crippen LogP contribution in [-0.2, 0) is 0 Å². The number of β-amino-alcohol motifs (C(OH)–C–C–N with tert-alkyl or cyclic N) is 1. The molecule has 1 N–H and O–H groups in total. The lowest BCUT2D eigenvalue weighted by atomic mass is 9.91. The van der Waals surface area contributed by atoms with E-state index in [0.29, 0.717) is 24.3 Å². The lowest BCUT2D eigenvalue weighted by molar-refractivity contribution is -0.0900. The van der Waals surface area contributed by atoms with E-state index in [4.69, 9.17) is 4.74 Å². The van der Waals surface area contributed by atoms with Gasteiger partial charge in [-0.2, -0.15) is 0 Å². The monoisotopic (exact) mass is 331 g/mol. The van der Waals surface area contributed by atoms with E-state index in [1.54, 1.807) is 24.0 Å². The third kappa shape index (κ3) is 3.51. The minimum absolute atomic E-state index is 0.112. The van der Waals surface area contributed by atoms with Gasteiger partial charge in [-0.05, 0) is 19.1 Å². The van der Waals surface area contributed by atoms with E-state index in [0.717, 1.165) is 0 Å². The molecule has 6 nitrogen and oxygen atoms in total. The van der Waals surface area contributed by atoms with Crippen molar-refractivity contribution < 1.29 is 19.0 Å². The summed E-state index contributed by atoms with van der Waals surface area (Å²) in [5.74, 6) is -0.277. The van der Waals surface area contributed by atoms with Crippen LogP contribution < -0.4 is 4.74 Å². The highest BCUT2D eigenvalue weighted by molar-refractivity contribution is 5.93. The van der Waals surface area contributed by atoms with E-state index < -0.39 is 17.5 Å². The first kappa shape index (κ1) is 16.3. The second-order valence-corrected chi connectivity index (χ2v) is 6.06. The highest BCUT2D eigenvalue weighted by Gasteiger charge is 2.41. The van der Waals surface area contributed by atoms with E-state index in [1.807, 2.05) is 0 Å². The van der Waals surface area contributed by atoms with Crippen molar-refractivity contribution >= 4 is 5.91 Å². The van der Waals surface area contributed by atoms with Crippen LogP contribution >= 0.6 is 0 Å². The van der Waals surface area contributed by atoms with E-state index in [-0.39, 0.29) is 12.5 Å². The molecule has 0 spiro atoms. The Balaban J connectivity index is 1.69. The summed E-state index contributed by atoms with van der Waals surface area (Å²) in [7, 11) is 0. The number of amides is 1. The first-order valence-corrected chi connectivity index (χ1v) is 7.64. The number of hydrogen-bond acceptors (Lipinski definition) is 5. The van der Waals surface area contributed by atoms with Gasteiger partial charge in [-0.15, -0.1) is 0 Å². The SMILES string of the molecule is C[C@]1(O)CN(C(=O)c2cncnc2)CC[C@@H]1Oc1cccc(F)c1. The number of piperidine rings is 1. The average Bonchev–Trinajstić information content (AvgIpc) is 2.56. The molecule has 0 saturated carbocycles. The van der Waals surface area contributed by atoms with Gasteiger partial charge in [0.15, 0.2) is 0 Å². The Morgan fingerprint density at radius 3 is 2.83 bits per heavy atom. The summed E-state index contributed by atoms with van der Waals surface area (Å²) in [5, 5.41) is 10.7. The molecule has 0 unspecified atom stereocenters. The molecule has 1 amide bonds. The molecule has 126 valence electrons. The molecule has 1 aromatic heterocycles. The zero-order valence-corrected chi connectivity index (χ0v) is 13.2. The van der Waals surface area contributed by atoms with Gasteiger partial charge in [0.25, 0.3) is 5.91 Å². The van der Waals surface area contributed by atoms with Gasteiger partial charge in [-0.25, -0.2) is 14.4 Å². The molecule has 3 rings (SSSR count). The van der Waals surface area contributed by atoms with Crippen LogP contribution in [0.4, 0.5) is 4.39 Å². The van der Waals surface area contributed by atoms with E-state index >= 15 is 0 Å². The van der Waals surface area contributed by atoms with Gasteiger partial charge in [-0.1, -0.05) is 6.07 Å². The van der Waals surface area contributed by atoms with Crippen LogP contribution in [0, 0.1) is 5.82 Å². The number of carbonyl (C=O) groups excluding carboxylic acids is 1. The number of ether oxygens (including phenoxy) is 1. The molecular formula is C17H18FN3O3. The van der Waals surface area contributed by atoms with Crippen molar-refractivity contribution in [3.8, 4) is 5.75 Å². The summed E-state index contributed by atoms with van der Waals surface area (Å²) >= 11 is 0. The summed E-state index contributed by atoms with van der Waals surface area (Å²) in [6, 6.07) is 5.79. The number of carbonyl (C=O) groups is 1. The predicted molar refractivity (Wildman–Crippen MR) is 84.0 cm³/mol. The van der Waals surface area contributed by atoms with Crippen LogP contribution in [0.3, 0.4) is 0 Å². The van der Waals surface area contributed by atoms with E-state index in [9.17, 15) is 14.3 Å². The maximum atomic E-state index is 13.3. The molecule has 24 heavy (non-hydrogen) atoms. The fraction of sp³-hybridized carbons (Fsp3) is 0.353. The van der Waals surface area contributed by atoms with Gasteiger partial charge < -0.3 is 14.7 Å². The normalized spacial score (nSPS) is 23.8. The third-order valence-electron chi connectivity index (χ3n) is 4.03. The second-order valence-electron chi connectivity index (χ2n) is 6.06. The number of nitrogens with zero attached hydrogens (tertiary/aromatic N) is 3. The molecule has 1 aromatic carbocycles. The molecule has 1 fully saturated rings. The number of benzene rings is 1. The smallest absolute Gasteiger partial charge is 0.257 e. The van der Waals surface area contributed by atoms with Crippen LogP contribution in [0.1, 0.15) is 23.7 Å². The van der Waals surface area contributed by atoms with E-state index in [1.165, 1.54) is 30.9 Å². The number of rotatable bonds is 3. The fourth-order valence-electron chi connectivity index (χ4n) is 2.81. The highest BCUT2D eigenvalue weighted by atomic mass is 19.1. The quantitative estimate of drug-likeness (QED) is 0.926. The Morgan fingerprint density at radius 1 is 1.42 bits per heavy atom. The van der Waals surface area contributed by atoms with Gasteiger partial charge in [0.1, 0.15) is 29.6 Å². The van der Waals surface area contributed by atoms with Crippen molar-refractivity contribution in [1.82, 2.24) is 14.9 Å². The largest absolute Gasteiger partial charge is 0.487 e. The molecule has 1 aliphatic heterocycles. The first-order chi connectivity index (χ1) is 11.5. The Bertz CT molecular complexity index is 724. The van der Waals surface area contributed by atoms with Crippen LogP contribution in [0.2, 0.25) is 0 Å². The molecule has 2 atom stereocenters. The van der Waals surface area contributed by atoms with Gasteiger partial charge >= 0.3 is 0 Å². The van der Waals surface area contributed by atoms with Gasteiger partial charge in [0.05, 0.1) is 12.1 Å². The molecule has 2 heterocycles. The minimum atomic E-state index is -1.25. The molecular weight excluding hydrogens is 313 g/mol. The van der Waals surface area contributed by atoms with Crippen molar-refractivity contribution in [2.75, 3.05) is 13.1 Å². The van der Waals surface area contributed by atoms with Gasteiger partial charge in [0, 0.05) is 31.4 Å². The third-order valence-corrected chi connectivity index (χ3v) is 4.03. The summed E-state index contributed by atoms with van der Waals surface area (Å²) in [4.78, 5) is 21.7. The Morgan fingerprint density at radius 2 is 2.17 bits per heavy atom. The molecule has 2 aromatic rings. The van der Waals surface area contributed by atoms with Crippen molar-refractivity contribution in [2.24, 2.45) is 0 Å². The highest BCUT2D eigenvalue weighted by Crippen LogP contribution is 2.27. The lowest BCUT2D eigenvalue weighted by Crippen LogP contribution is -2.58. The van der Waals surface area contributed by atoms with Gasteiger partial charge in [-0.3, -0.25) is 4.79 Å². The number of likely N-dealkylation sites (tertiary alicyclic amines) is 1. The molecule has 0 radical (unpaired) electrons. The summed E-state index contributed by atoms with van der Waals surface area (Å²) in [6.07, 6.45) is 4.14. The minimum Gasteiger partial charge on any atom is -0.487 e. The predicted octanol–water partition coefficient (Wildman–Crippen LogP) is 1.66. The van der Waals surface area contributed by atoms with Crippen molar-refractivity contribution in [1.29, 1.82) is 0 Å². The summed E-state index contributed by atoms with van der Waals surface area (Å²) in [6.45, 7) is 2.14. The second kappa shape index (κ2) is 6.52. The Kier molecular flexibility index (Phi) is 4.44. The average molecular weight is 331 g/mol. The Hall–Kier alpha value is -2.54. The zero-order valence-electron chi connectivity index (χ0n) is 13.2. The molecule has 1 saturated heterocycles. The summed E-state index contributed by atoms with van der Waals surface area (Å²) in [5.41, 5.74) is -0.881. The number of hydrogen-bond donors (Lipinski definition) is 1. The van der Waals surface area contributed by atoms with Crippen LogP contribution in [-0.4, -0.2) is 50.7 Å². The van der Waals surface area contributed by atoms with E-state index in [2.05, 4.69) is 9.97 Å². The van der Waals surface area contributed by atoms with Gasteiger partial charge in [0.2, 0.25) is 0 Å². The maximum absolute atomic E-state index is 13.3. The van der Waals surface area contributed by atoms with Crippen molar-refractivity contribution in [2.45, 2.75) is 25.0 Å². The number of aliphatic hydroxyl groups is 1. The molecule has 0 aliphatic carbocycles. The zero-order chi connectivity index (χ0) is 17.2. The maximum Gasteiger partial charge on any atom is 0.257 e. The molecule has 0 bridgehead atoms. The standard InChI is InChI=1S/C17H18FN3O3/c1-17(23)10-21(16(22)12-8-19-11-20-9-12)6-5-15(17)24-14-4-2-3-13(18)7-14/h2-4,7-9,11,15,23H,5-6,10H2,1H3/t15-,17-/m0/s1. The topological polar surface area (TPSA) is 75.5 Å². The molecule has 7 heteroatoms. The fourth-order valence-corrected chi connectivity index (χ4v) is 2.81. The number of aromatic nitrogens is 2. The summed E-state index contributed by atoms with van der Waals surface area (Å²) < 4.78 is 19.0. The first-order valence-electron chi connectivity index (χ1n) is 7.64. The van der Waals surface area contributed by atoms with Crippen molar-refractivity contribution in [3.63, 3.8) is 0 Å². The van der Waals surface area contributed by atoms with Crippen LogP contribution in [0.5, 0.6) is 5.75 Å². The number of halogens is 1. The van der Waals surface area contributed by atoms with Crippen molar-refractivity contribution in [3.05, 3.63) is 54.4 Å². The Labute approximate surface area is 138 Å². The van der Waals surface area contributed by atoms with Crippen LogP contribution in [0.15, 0.2) is 43.0 Å².